The van der Waals surface area contributed by atoms with Crippen LogP contribution < -0.4 is 4.74 Å². The van der Waals surface area contributed by atoms with Gasteiger partial charge in [-0.3, -0.25) is 14.4 Å². The van der Waals surface area contributed by atoms with Gasteiger partial charge in [0.15, 0.2) is 12.4 Å². The molecule has 1 amide bonds. The Morgan fingerprint density at radius 3 is 2.82 bits per heavy atom. The van der Waals surface area contributed by atoms with E-state index in [0.717, 1.165) is 16.5 Å². The smallest absolute Gasteiger partial charge is 0.306 e. The number of hydrogen-bond donors (Lipinski definition) is 0. The molecule has 0 spiro atoms. The van der Waals surface area contributed by atoms with E-state index < -0.39 is 5.97 Å². The van der Waals surface area contributed by atoms with Crippen molar-refractivity contribution in [1.82, 2.24) is 4.90 Å². The minimum atomic E-state index is -0.566. The van der Waals surface area contributed by atoms with E-state index in [1.807, 2.05) is 11.4 Å². The zero-order valence-electron chi connectivity index (χ0n) is 15.4. The second-order valence-corrected chi connectivity index (χ2v) is 8.28. The van der Waals surface area contributed by atoms with Crippen molar-refractivity contribution in [2.24, 2.45) is 0 Å². The zero-order valence-corrected chi connectivity index (χ0v) is 17.8. The summed E-state index contributed by atoms with van der Waals surface area (Å²) in [5, 5.41) is 2.02. The first-order valence-corrected chi connectivity index (χ1v) is 10.5. The topological polar surface area (TPSA) is 72.9 Å². The van der Waals surface area contributed by atoms with Gasteiger partial charge in [-0.25, -0.2) is 0 Å². The number of thiophene rings is 1. The maximum atomic E-state index is 12.4. The molecule has 0 N–H and O–H groups in total. The van der Waals surface area contributed by atoms with Gasteiger partial charge >= 0.3 is 5.97 Å². The van der Waals surface area contributed by atoms with Crippen LogP contribution in [-0.4, -0.2) is 42.8 Å². The van der Waals surface area contributed by atoms with Crippen LogP contribution in [0.4, 0.5) is 0 Å². The Kier molecular flexibility index (Phi) is 6.85. The number of ketones is 1. The molecule has 1 aliphatic heterocycles. The number of fused-ring (bicyclic) bond motifs is 1. The molecule has 0 atom stereocenters. The Morgan fingerprint density at radius 1 is 1.21 bits per heavy atom. The van der Waals surface area contributed by atoms with Gasteiger partial charge in [0.2, 0.25) is 0 Å². The monoisotopic (exact) mass is 465 g/mol. The van der Waals surface area contributed by atoms with Crippen LogP contribution >= 0.6 is 27.3 Å². The average Bonchev–Trinajstić information content (AvgIpc) is 3.17. The van der Waals surface area contributed by atoms with Gasteiger partial charge in [-0.1, -0.05) is 15.9 Å². The van der Waals surface area contributed by atoms with Crippen molar-refractivity contribution >= 4 is 44.9 Å². The van der Waals surface area contributed by atoms with E-state index >= 15 is 0 Å². The number of rotatable bonds is 7. The molecule has 8 heteroatoms. The summed E-state index contributed by atoms with van der Waals surface area (Å²) >= 11 is 5.02. The van der Waals surface area contributed by atoms with Crippen LogP contribution in [0.5, 0.6) is 5.75 Å². The molecule has 0 unspecified atom stereocenters. The molecule has 28 heavy (non-hydrogen) atoms. The lowest BCUT2D eigenvalue weighted by molar-refractivity contribution is -0.152. The van der Waals surface area contributed by atoms with E-state index in [-0.39, 0.29) is 31.1 Å². The highest BCUT2D eigenvalue weighted by Crippen LogP contribution is 2.25. The fourth-order valence-electron chi connectivity index (χ4n) is 3.02. The zero-order chi connectivity index (χ0) is 20.1. The summed E-state index contributed by atoms with van der Waals surface area (Å²) in [6.07, 6.45) is 0.730. The van der Waals surface area contributed by atoms with Crippen LogP contribution in [0.2, 0.25) is 0 Å². The van der Waals surface area contributed by atoms with E-state index in [1.165, 1.54) is 12.0 Å². The van der Waals surface area contributed by atoms with E-state index in [0.29, 0.717) is 24.4 Å². The van der Waals surface area contributed by atoms with Crippen LogP contribution in [0.1, 0.15) is 33.6 Å². The number of hydrogen-bond acceptors (Lipinski definition) is 6. The molecule has 0 saturated heterocycles. The van der Waals surface area contributed by atoms with Gasteiger partial charge in [0, 0.05) is 28.9 Å². The van der Waals surface area contributed by atoms with E-state index in [2.05, 4.69) is 15.9 Å². The number of carbonyl (C=O) groups excluding carboxylic acids is 3. The first-order valence-electron chi connectivity index (χ1n) is 8.83. The fraction of sp³-hybridized carbons (Fsp3) is 0.350. The molecule has 6 nitrogen and oxygen atoms in total. The molecule has 2 aromatic rings. The predicted molar refractivity (Wildman–Crippen MR) is 109 cm³/mol. The maximum absolute atomic E-state index is 12.4. The molecule has 0 saturated carbocycles. The summed E-state index contributed by atoms with van der Waals surface area (Å²) in [5.41, 5.74) is 1.56. The summed E-state index contributed by atoms with van der Waals surface area (Å²) < 4.78 is 11.0. The number of carbonyl (C=O) groups is 3. The maximum Gasteiger partial charge on any atom is 0.306 e. The molecule has 3 rings (SSSR count). The first-order chi connectivity index (χ1) is 13.5. The number of ether oxygens (including phenoxy) is 2. The SMILES string of the molecule is COc1ccc(Br)cc1C(=O)CCC(=O)OCC(=O)N1CCc2sccc2C1. The lowest BCUT2D eigenvalue weighted by atomic mass is 10.1. The molecule has 1 aliphatic rings. The lowest BCUT2D eigenvalue weighted by Gasteiger charge is -2.26. The van der Waals surface area contributed by atoms with Gasteiger partial charge in [-0.2, -0.15) is 0 Å². The van der Waals surface area contributed by atoms with Gasteiger partial charge in [-0.15, -0.1) is 11.3 Å². The molecule has 148 valence electrons. The van der Waals surface area contributed by atoms with Gasteiger partial charge in [0.1, 0.15) is 5.75 Å². The molecule has 2 heterocycles. The first kappa shape index (κ1) is 20.5. The predicted octanol–water partition coefficient (Wildman–Crippen LogP) is 3.61. The second-order valence-electron chi connectivity index (χ2n) is 6.36. The highest BCUT2D eigenvalue weighted by atomic mass is 79.9. The Bertz CT molecular complexity index is 894. The van der Waals surface area contributed by atoms with Crippen molar-refractivity contribution in [1.29, 1.82) is 0 Å². The van der Waals surface area contributed by atoms with E-state index in [9.17, 15) is 14.4 Å². The van der Waals surface area contributed by atoms with Crippen LogP contribution in [0, 0.1) is 0 Å². The van der Waals surface area contributed by atoms with Crippen LogP contribution in [0.3, 0.4) is 0 Å². The molecule has 0 radical (unpaired) electrons. The van der Waals surface area contributed by atoms with Crippen LogP contribution in [0.25, 0.3) is 0 Å². The van der Waals surface area contributed by atoms with Gasteiger partial charge in [0.25, 0.3) is 5.91 Å². The summed E-state index contributed by atoms with van der Waals surface area (Å²) in [4.78, 5) is 39.6. The molecular formula is C20H20BrNO5S. The average molecular weight is 466 g/mol. The second kappa shape index (κ2) is 9.34. The quantitative estimate of drug-likeness (QED) is 0.461. The van der Waals surface area contributed by atoms with Gasteiger partial charge < -0.3 is 14.4 Å². The van der Waals surface area contributed by atoms with Crippen LogP contribution in [-0.2, 0) is 27.3 Å². The highest BCUT2D eigenvalue weighted by Gasteiger charge is 2.22. The van der Waals surface area contributed by atoms with Crippen molar-refractivity contribution in [2.45, 2.75) is 25.8 Å². The largest absolute Gasteiger partial charge is 0.496 e. The van der Waals surface area contributed by atoms with E-state index in [4.69, 9.17) is 9.47 Å². The Balaban J connectivity index is 1.45. The summed E-state index contributed by atoms with van der Waals surface area (Å²) in [5.74, 6) is -0.550. The number of esters is 1. The van der Waals surface area contributed by atoms with Crippen molar-refractivity contribution in [2.75, 3.05) is 20.3 Å². The fourth-order valence-corrected chi connectivity index (χ4v) is 4.27. The van der Waals surface area contributed by atoms with Crippen molar-refractivity contribution in [3.8, 4) is 5.75 Å². The standard InChI is InChI=1S/C20H20BrNO5S/c1-26-17-4-2-14(21)10-15(17)16(23)3-5-20(25)27-12-19(24)22-8-6-18-13(11-22)7-9-28-18/h2,4,7,9-10H,3,5-6,8,11-12H2,1H3. The van der Waals surface area contributed by atoms with Gasteiger partial charge in [-0.05, 0) is 41.6 Å². The summed E-state index contributed by atoms with van der Waals surface area (Å²) in [7, 11) is 1.49. The lowest BCUT2D eigenvalue weighted by Crippen LogP contribution is -2.38. The van der Waals surface area contributed by atoms with Gasteiger partial charge in [0.05, 0.1) is 19.1 Å². The van der Waals surface area contributed by atoms with Crippen LogP contribution in [0.15, 0.2) is 34.1 Å². The number of Topliss-reactive ketones (excluding diaryl/α,β-unsaturated/α-hetero) is 1. The minimum absolute atomic E-state index is 0.0121. The van der Waals surface area contributed by atoms with Crippen molar-refractivity contribution < 1.29 is 23.9 Å². The molecular weight excluding hydrogens is 446 g/mol. The third-order valence-electron chi connectivity index (χ3n) is 4.54. The third-order valence-corrected chi connectivity index (χ3v) is 6.05. The Morgan fingerprint density at radius 2 is 2.04 bits per heavy atom. The summed E-state index contributed by atoms with van der Waals surface area (Å²) in [6, 6.07) is 7.14. The number of benzene rings is 1. The third kappa shape index (κ3) is 4.99. The number of methoxy groups -OCH3 is 1. The molecule has 0 fully saturated rings. The van der Waals surface area contributed by atoms with Crippen molar-refractivity contribution in [3.63, 3.8) is 0 Å². The molecule has 1 aromatic carbocycles. The number of amides is 1. The summed E-state index contributed by atoms with van der Waals surface area (Å²) in [6.45, 7) is 0.883. The molecule has 1 aromatic heterocycles. The number of nitrogens with zero attached hydrogens (tertiary/aromatic N) is 1. The minimum Gasteiger partial charge on any atom is -0.496 e. The number of halogens is 1. The molecule has 0 bridgehead atoms. The Hall–Kier alpha value is -2.19. The molecule has 0 aliphatic carbocycles. The highest BCUT2D eigenvalue weighted by molar-refractivity contribution is 9.10. The van der Waals surface area contributed by atoms with E-state index in [1.54, 1.807) is 34.4 Å². The Labute approximate surface area is 175 Å². The van der Waals surface area contributed by atoms with Crippen molar-refractivity contribution in [3.05, 3.63) is 50.1 Å². The normalized spacial score (nSPS) is 13.0.